The molecule has 1 aromatic rings. The van der Waals surface area contributed by atoms with Crippen molar-refractivity contribution in [3.63, 3.8) is 0 Å². The molecule has 0 saturated carbocycles. The predicted octanol–water partition coefficient (Wildman–Crippen LogP) is 3.26. The van der Waals surface area contributed by atoms with Crippen LogP contribution in [-0.4, -0.2) is 10.5 Å². The molecule has 0 aliphatic carbocycles. The summed E-state index contributed by atoms with van der Waals surface area (Å²) in [5.41, 5.74) is 1.85. The van der Waals surface area contributed by atoms with Crippen molar-refractivity contribution in [2.24, 2.45) is 0 Å². The Morgan fingerprint density at radius 2 is 1.93 bits per heavy atom. The molecule has 14 heavy (non-hydrogen) atoms. The molecule has 0 bridgehead atoms. The molecule has 0 aromatic carbocycles. The number of nitrogens with zero attached hydrogens (tertiary/aromatic N) is 1. The maximum atomic E-state index is 4.02. The summed E-state index contributed by atoms with van der Waals surface area (Å²) in [6.45, 7) is 2.24. The van der Waals surface area contributed by atoms with E-state index < -0.39 is 0 Å². The van der Waals surface area contributed by atoms with Gasteiger partial charge in [0.1, 0.15) is 0 Å². The van der Waals surface area contributed by atoms with E-state index >= 15 is 0 Å². The molecule has 0 aliphatic heterocycles. The van der Waals surface area contributed by atoms with Crippen LogP contribution in [0.5, 0.6) is 0 Å². The van der Waals surface area contributed by atoms with Crippen molar-refractivity contribution in [3.8, 4) is 0 Å². The Morgan fingerprint density at radius 3 is 2.57 bits per heavy atom. The largest absolute Gasteiger partial charge is 0.265 e. The molecule has 0 unspecified atom stereocenters. The van der Waals surface area contributed by atoms with Gasteiger partial charge in [-0.25, -0.2) is 0 Å². The van der Waals surface area contributed by atoms with Gasteiger partial charge in [-0.05, 0) is 12.1 Å². The standard InChI is InChI=1S/C11H17BBrN/c1-2-3-4-5-8-12(13)11-6-9-14-10-7-11/h6-7,9-10H,2-5,8H2,1H3. The average molecular weight is 254 g/mol. The molecule has 1 nitrogen and oxygen atoms in total. The lowest BCUT2D eigenvalue weighted by Crippen LogP contribution is -2.22. The second kappa shape index (κ2) is 7.05. The third kappa shape index (κ3) is 4.27. The van der Waals surface area contributed by atoms with Crippen LogP contribution in [0.2, 0.25) is 6.32 Å². The first-order chi connectivity index (χ1) is 6.84. The lowest BCUT2D eigenvalue weighted by atomic mass is 9.66. The molecule has 0 spiro atoms. The van der Waals surface area contributed by atoms with Gasteiger partial charge in [-0.1, -0.05) is 44.4 Å². The van der Waals surface area contributed by atoms with Crippen LogP contribution in [0.3, 0.4) is 0 Å². The summed E-state index contributed by atoms with van der Waals surface area (Å²) in [5, 5.41) is 0. The molecular formula is C11H17BBrN. The fourth-order valence-corrected chi connectivity index (χ4v) is 2.12. The van der Waals surface area contributed by atoms with Crippen molar-refractivity contribution in [2.45, 2.75) is 38.9 Å². The first kappa shape index (κ1) is 11.8. The van der Waals surface area contributed by atoms with E-state index in [2.05, 4.69) is 39.8 Å². The minimum atomic E-state index is 0.502. The fraction of sp³-hybridized carbons (Fsp3) is 0.545. The number of hydrogen-bond acceptors (Lipinski definition) is 1. The minimum Gasteiger partial charge on any atom is -0.265 e. The first-order valence-electron chi connectivity index (χ1n) is 5.38. The van der Waals surface area contributed by atoms with Crippen LogP contribution in [0, 0.1) is 0 Å². The van der Waals surface area contributed by atoms with Gasteiger partial charge in [0.05, 0.1) is 0 Å². The molecule has 3 heteroatoms. The van der Waals surface area contributed by atoms with Crippen LogP contribution in [0.4, 0.5) is 0 Å². The molecule has 0 radical (unpaired) electrons. The zero-order valence-corrected chi connectivity index (χ0v) is 10.3. The lowest BCUT2D eigenvalue weighted by molar-refractivity contribution is 0.700. The lowest BCUT2D eigenvalue weighted by Gasteiger charge is -2.05. The highest BCUT2D eigenvalue weighted by Gasteiger charge is 2.10. The summed E-state index contributed by atoms with van der Waals surface area (Å²) in [6, 6.07) is 4.17. The number of unbranched alkanes of at least 4 members (excludes halogenated alkanes) is 3. The van der Waals surface area contributed by atoms with Crippen molar-refractivity contribution < 1.29 is 0 Å². The van der Waals surface area contributed by atoms with E-state index in [-0.39, 0.29) is 0 Å². The molecule has 0 N–H and O–H groups in total. The van der Waals surface area contributed by atoms with Gasteiger partial charge in [0.25, 0.3) is 5.54 Å². The van der Waals surface area contributed by atoms with Crippen LogP contribution in [0.15, 0.2) is 24.5 Å². The Labute approximate surface area is 95.4 Å². The third-order valence-electron chi connectivity index (χ3n) is 2.38. The molecule has 1 rings (SSSR count). The van der Waals surface area contributed by atoms with Crippen molar-refractivity contribution in [1.29, 1.82) is 0 Å². The zero-order valence-electron chi connectivity index (χ0n) is 8.75. The highest BCUT2D eigenvalue weighted by molar-refractivity contribution is 9.25. The summed E-state index contributed by atoms with van der Waals surface area (Å²) >= 11 is 3.71. The molecule has 0 fully saturated rings. The first-order valence-corrected chi connectivity index (χ1v) is 6.30. The van der Waals surface area contributed by atoms with Gasteiger partial charge in [-0.2, -0.15) is 0 Å². The van der Waals surface area contributed by atoms with E-state index in [1.54, 1.807) is 0 Å². The van der Waals surface area contributed by atoms with Crippen molar-refractivity contribution >= 4 is 26.8 Å². The Morgan fingerprint density at radius 1 is 1.21 bits per heavy atom. The number of halogens is 1. The van der Waals surface area contributed by atoms with E-state index in [0.717, 1.165) is 0 Å². The van der Waals surface area contributed by atoms with E-state index in [0.29, 0.717) is 5.54 Å². The molecule has 1 aromatic heterocycles. The van der Waals surface area contributed by atoms with Gasteiger partial charge < -0.3 is 0 Å². The van der Waals surface area contributed by atoms with Gasteiger partial charge in [0, 0.05) is 12.4 Å². The van der Waals surface area contributed by atoms with Gasteiger partial charge in [0.15, 0.2) is 0 Å². The SMILES string of the molecule is CCCCCCB(Br)c1ccncc1. The van der Waals surface area contributed by atoms with Gasteiger partial charge >= 0.3 is 0 Å². The summed E-state index contributed by atoms with van der Waals surface area (Å²) in [7, 11) is 0. The van der Waals surface area contributed by atoms with Gasteiger partial charge in [-0.15, -0.1) is 15.8 Å². The van der Waals surface area contributed by atoms with E-state index in [1.165, 1.54) is 37.5 Å². The number of pyridine rings is 1. The van der Waals surface area contributed by atoms with Crippen LogP contribution < -0.4 is 5.46 Å². The van der Waals surface area contributed by atoms with Crippen molar-refractivity contribution in [2.75, 3.05) is 0 Å². The fourth-order valence-electron chi connectivity index (χ4n) is 1.49. The smallest absolute Gasteiger partial charge is 0.255 e. The van der Waals surface area contributed by atoms with E-state index in [4.69, 9.17) is 0 Å². The maximum Gasteiger partial charge on any atom is 0.255 e. The average Bonchev–Trinajstić information content (AvgIpc) is 2.25. The predicted molar refractivity (Wildman–Crippen MR) is 67.5 cm³/mol. The Kier molecular flexibility index (Phi) is 5.92. The molecular weight excluding hydrogens is 237 g/mol. The highest BCUT2D eigenvalue weighted by Crippen LogP contribution is 2.09. The van der Waals surface area contributed by atoms with Crippen LogP contribution >= 0.6 is 15.8 Å². The van der Waals surface area contributed by atoms with Crippen LogP contribution in [0.1, 0.15) is 32.6 Å². The van der Waals surface area contributed by atoms with E-state index in [9.17, 15) is 0 Å². The maximum absolute atomic E-state index is 4.02. The second-order valence-electron chi connectivity index (χ2n) is 3.60. The van der Waals surface area contributed by atoms with Crippen molar-refractivity contribution in [1.82, 2.24) is 4.98 Å². The quantitative estimate of drug-likeness (QED) is 0.560. The summed E-state index contributed by atoms with van der Waals surface area (Å²) in [4.78, 5) is 4.02. The van der Waals surface area contributed by atoms with Gasteiger partial charge in [0.2, 0.25) is 0 Å². The van der Waals surface area contributed by atoms with Crippen LogP contribution in [0.25, 0.3) is 0 Å². The molecule has 0 saturated heterocycles. The highest BCUT2D eigenvalue weighted by atomic mass is 79.9. The summed E-state index contributed by atoms with van der Waals surface area (Å²) in [6.07, 6.45) is 10.3. The minimum absolute atomic E-state index is 0.502. The Bertz CT molecular complexity index is 240. The normalized spacial score (nSPS) is 10.1. The Balaban J connectivity index is 2.25. The molecule has 0 aliphatic rings. The Hall–Kier alpha value is -0.305. The number of hydrogen-bond donors (Lipinski definition) is 0. The summed E-state index contributed by atoms with van der Waals surface area (Å²) in [5.74, 6) is 0. The van der Waals surface area contributed by atoms with Gasteiger partial charge in [-0.3, -0.25) is 4.98 Å². The van der Waals surface area contributed by atoms with Crippen molar-refractivity contribution in [3.05, 3.63) is 24.5 Å². The monoisotopic (exact) mass is 253 g/mol. The molecule has 0 atom stereocenters. The summed E-state index contributed by atoms with van der Waals surface area (Å²) < 4.78 is 0. The topological polar surface area (TPSA) is 12.9 Å². The van der Waals surface area contributed by atoms with E-state index in [1.807, 2.05) is 12.4 Å². The molecule has 76 valence electrons. The number of aromatic nitrogens is 1. The second-order valence-corrected chi connectivity index (χ2v) is 4.70. The van der Waals surface area contributed by atoms with Crippen LogP contribution in [-0.2, 0) is 0 Å². The zero-order chi connectivity index (χ0) is 10.2. The third-order valence-corrected chi connectivity index (χ3v) is 3.37. The molecule has 0 amide bonds. The number of rotatable bonds is 6. The molecule has 1 heterocycles.